The highest BCUT2D eigenvalue weighted by atomic mass is 16.3. The van der Waals surface area contributed by atoms with Gasteiger partial charge in [0.05, 0.1) is 12.2 Å². The average molecular weight is 226 g/mol. The zero-order chi connectivity index (χ0) is 12.0. The fraction of sp³-hybridized carbons (Fsp3) is 0.500. The van der Waals surface area contributed by atoms with E-state index >= 15 is 0 Å². The smallest absolute Gasteiger partial charge is 0.157 e. The number of phenols is 2. The molecular formula is C12H18O4. The van der Waals surface area contributed by atoms with E-state index in [1.165, 1.54) is 12.1 Å². The van der Waals surface area contributed by atoms with Gasteiger partial charge >= 0.3 is 0 Å². The van der Waals surface area contributed by atoms with Gasteiger partial charge in [-0.05, 0) is 37.8 Å². The first-order valence-corrected chi connectivity index (χ1v) is 5.42. The van der Waals surface area contributed by atoms with Crippen molar-refractivity contribution in [3.05, 3.63) is 24.3 Å². The summed E-state index contributed by atoms with van der Waals surface area (Å²) in [4.78, 5) is 0. The average Bonchev–Trinajstić information content (AvgIpc) is 2.28. The van der Waals surface area contributed by atoms with Crippen LogP contribution in [0.15, 0.2) is 24.3 Å². The van der Waals surface area contributed by atoms with E-state index in [2.05, 4.69) is 0 Å². The predicted octanol–water partition coefficient (Wildman–Crippen LogP) is 1.38. The van der Waals surface area contributed by atoms with E-state index in [1.807, 2.05) is 0 Å². The number of aromatic hydroxyl groups is 2. The molecule has 1 aliphatic rings. The molecule has 0 saturated heterocycles. The second-order valence-corrected chi connectivity index (χ2v) is 3.95. The lowest BCUT2D eigenvalue weighted by Gasteiger charge is -2.20. The maximum atomic E-state index is 8.92. The molecule has 0 aromatic heterocycles. The van der Waals surface area contributed by atoms with E-state index in [0.29, 0.717) is 0 Å². The van der Waals surface area contributed by atoms with Gasteiger partial charge in [0.25, 0.3) is 0 Å². The van der Waals surface area contributed by atoms with Crippen LogP contribution < -0.4 is 0 Å². The van der Waals surface area contributed by atoms with Crippen molar-refractivity contribution in [2.75, 3.05) is 0 Å². The molecule has 1 saturated carbocycles. The Kier molecular flexibility index (Phi) is 5.08. The number of hydrogen-bond donors (Lipinski definition) is 4. The summed E-state index contributed by atoms with van der Waals surface area (Å²) in [7, 11) is 0. The number of aliphatic hydroxyl groups is 2. The second-order valence-electron chi connectivity index (χ2n) is 3.95. The van der Waals surface area contributed by atoms with E-state index in [9.17, 15) is 0 Å². The van der Waals surface area contributed by atoms with Gasteiger partial charge in [0.1, 0.15) is 0 Å². The molecule has 0 spiro atoms. The van der Waals surface area contributed by atoms with Crippen molar-refractivity contribution >= 4 is 0 Å². The summed E-state index contributed by atoms with van der Waals surface area (Å²) in [5.74, 6) is -0.153. The minimum atomic E-state index is -0.140. The van der Waals surface area contributed by atoms with Crippen LogP contribution in [-0.4, -0.2) is 32.6 Å². The van der Waals surface area contributed by atoms with Gasteiger partial charge in [-0.1, -0.05) is 12.1 Å². The summed E-state index contributed by atoms with van der Waals surface area (Å²) < 4.78 is 0. The molecular weight excluding hydrogens is 208 g/mol. The Bertz CT molecular complexity index is 275. The molecule has 0 bridgehead atoms. The highest BCUT2D eigenvalue weighted by Gasteiger charge is 2.15. The summed E-state index contributed by atoms with van der Waals surface area (Å²) in [5, 5.41) is 35.2. The third-order valence-corrected chi connectivity index (χ3v) is 2.55. The van der Waals surface area contributed by atoms with Gasteiger partial charge in [-0.15, -0.1) is 0 Å². The maximum Gasteiger partial charge on any atom is 0.157 e. The fourth-order valence-electron chi connectivity index (χ4n) is 1.52. The van der Waals surface area contributed by atoms with Gasteiger partial charge in [0, 0.05) is 0 Å². The maximum absolute atomic E-state index is 8.92. The number of benzene rings is 1. The predicted molar refractivity (Wildman–Crippen MR) is 60.3 cm³/mol. The van der Waals surface area contributed by atoms with E-state index < -0.39 is 0 Å². The monoisotopic (exact) mass is 226 g/mol. The molecule has 1 fully saturated rings. The van der Waals surface area contributed by atoms with Crippen molar-refractivity contribution in [2.45, 2.75) is 37.9 Å². The molecule has 1 aromatic carbocycles. The Morgan fingerprint density at radius 3 is 1.31 bits per heavy atom. The minimum Gasteiger partial charge on any atom is -0.504 e. The molecule has 2 rings (SSSR count). The van der Waals surface area contributed by atoms with Crippen molar-refractivity contribution in [1.29, 1.82) is 0 Å². The van der Waals surface area contributed by atoms with E-state index in [4.69, 9.17) is 20.4 Å². The molecule has 1 aliphatic carbocycles. The summed E-state index contributed by atoms with van der Waals surface area (Å²) in [5.41, 5.74) is 0. The van der Waals surface area contributed by atoms with Crippen molar-refractivity contribution in [3.8, 4) is 11.5 Å². The number of para-hydroxylation sites is 2. The van der Waals surface area contributed by atoms with Crippen LogP contribution in [0.2, 0.25) is 0 Å². The van der Waals surface area contributed by atoms with Gasteiger partial charge in [-0.25, -0.2) is 0 Å². The summed E-state index contributed by atoms with van der Waals surface area (Å²) in [6, 6.07) is 6.15. The van der Waals surface area contributed by atoms with Crippen LogP contribution in [0.5, 0.6) is 11.5 Å². The molecule has 0 amide bonds. The summed E-state index contributed by atoms with van der Waals surface area (Å²) in [6.45, 7) is 0. The lowest BCUT2D eigenvalue weighted by atomic mass is 9.95. The summed E-state index contributed by atoms with van der Waals surface area (Å²) in [6.07, 6.45) is 2.83. The molecule has 0 unspecified atom stereocenters. The molecule has 1 aromatic rings. The number of phenolic OH excluding ortho intramolecular Hbond substituents is 2. The highest BCUT2D eigenvalue weighted by molar-refractivity contribution is 5.36. The quantitative estimate of drug-likeness (QED) is 0.504. The zero-order valence-corrected chi connectivity index (χ0v) is 9.08. The van der Waals surface area contributed by atoms with E-state index in [-0.39, 0.29) is 23.7 Å². The van der Waals surface area contributed by atoms with Crippen LogP contribution in [-0.2, 0) is 0 Å². The number of rotatable bonds is 0. The standard InChI is InChI=1S/C6H12O2.C6H6O2/c7-5-1-2-6(8)4-3-5;7-5-3-1-2-4-6(5)8/h5-8H,1-4H2;1-4,7-8H. The van der Waals surface area contributed by atoms with Gasteiger partial charge in [0.2, 0.25) is 0 Å². The normalized spacial score (nSPS) is 24.4. The van der Waals surface area contributed by atoms with Crippen molar-refractivity contribution in [1.82, 2.24) is 0 Å². The van der Waals surface area contributed by atoms with Crippen molar-refractivity contribution < 1.29 is 20.4 Å². The Morgan fingerprint density at radius 1 is 0.750 bits per heavy atom. The third kappa shape index (κ3) is 4.51. The van der Waals surface area contributed by atoms with Gasteiger partial charge in [-0.2, -0.15) is 0 Å². The molecule has 0 heterocycles. The largest absolute Gasteiger partial charge is 0.504 e. The molecule has 90 valence electrons. The van der Waals surface area contributed by atoms with E-state index in [1.54, 1.807) is 12.1 Å². The lowest BCUT2D eigenvalue weighted by Crippen LogP contribution is -2.21. The Balaban J connectivity index is 0.000000160. The lowest BCUT2D eigenvalue weighted by molar-refractivity contribution is 0.0541. The Hall–Kier alpha value is -1.26. The molecule has 0 atom stereocenters. The fourth-order valence-corrected chi connectivity index (χ4v) is 1.52. The topological polar surface area (TPSA) is 80.9 Å². The molecule has 4 heteroatoms. The number of hydrogen-bond acceptors (Lipinski definition) is 4. The van der Waals surface area contributed by atoms with Crippen LogP contribution in [0.1, 0.15) is 25.7 Å². The van der Waals surface area contributed by atoms with Crippen molar-refractivity contribution in [3.63, 3.8) is 0 Å². The molecule has 0 radical (unpaired) electrons. The zero-order valence-electron chi connectivity index (χ0n) is 9.08. The SMILES string of the molecule is OC1CCC(O)CC1.Oc1ccccc1O. The molecule has 4 nitrogen and oxygen atoms in total. The summed E-state index contributed by atoms with van der Waals surface area (Å²) >= 11 is 0. The third-order valence-electron chi connectivity index (χ3n) is 2.55. The Morgan fingerprint density at radius 2 is 1.06 bits per heavy atom. The van der Waals surface area contributed by atoms with Crippen LogP contribution in [0.25, 0.3) is 0 Å². The molecule has 0 aliphatic heterocycles. The van der Waals surface area contributed by atoms with Crippen LogP contribution in [0.3, 0.4) is 0 Å². The highest BCUT2D eigenvalue weighted by Crippen LogP contribution is 2.21. The van der Waals surface area contributed by atoms with Crippen LogP contribution in [0, 0.1) is 0 Å². The van der Waals surface area contributed by atoms with Gasteiger partial charge < -0.3 is 20.4 Å². The minimum absolute atomic E-state index is 0.0764. The van der Waals surface area contributed by atoms with Gasteiger partial charge in [-0.3, -0.25) is 0 Å². The first kappa shape index (κ1) is 12.8. The van der Waals surface area contributed by atoms with E-state index in [0.717, 1.165) is 25.7 Å². The van der Waals surface area contributed by atoms with Crippen LogP contribution >= 0.6 is 0 Å². The molecule has 4 N–H and O–H groups in total. The molecule has 16 heavy (non-hydrogen) atoms. The second kappa shape index (κ2) is 6.35. The Labute approximate surface area is 94.8 Å². The van der Waals surface area contributed by atoms with Gasteiger partial charge in [0.15, 0.2) is 11.5 Å². The van der Waals surface area contributed by atoms with Crippen LogP contribution in [0.4, 0.5) is 0 Å². The first-order chi connectivity index (χ1) is 7.59. The van der Waals surface area contributed by atoms with Crippen molar-refractivity contribution in [2.24, 2.45) is 0 Å². The first-order valence-electron chi connectivity index (χ1n) is 5.42. The number of aliphatic hydroxyl groups excluding tert-OH is 2.